The molecular formula is C18H17N5O3. The van der Waals surface area contributed by atoms with Crippen molar-refractivity contribution in [1.82, 2.24) is 20.3 Å². The van der Waals surface area contributed by atoms with Gasteiger partial charge < -0.3 is 19.4 Å². The molecule has 0 unspecified atom stereocenters. The van der Waals surface area contributed by atoms with Gasteiger partial charge in [0.05, 0.1) is 20.2 Å². The van der Waals surface area contributed by atoms with Crippen LogP contribution in [0.15, 0.2) is 47.1 Å². The van der Waals surface area contributed by atoms with Crippen LogP contribution in [-0.2, 0) is 19.6 Å². The maximum Gasteiger partial charge on any atom is 0.307 e. The fourth-order valence-electron chi connectivity index (χ4n) is 2.77. The van der Waals surface area contributed by atoms with E-state index in [2.05, 4.69) is 20.3 Å². The number of anilines is 1. The second-order valence-electron chi connectivity index (χ2n) is 5.83. The number of aromatic nitrogens is 3. The number of oxazole rings is 1. The second-order valence-corrected chi connectivity index (χ2v) is 5.83. The van der Waals surface area contributed by atoms with Crippen molar-refractivity contribution >= 4 is 11.9 Å². The molecule has 1 amide bonds. The van der Waals surface area contributed by atoms with Crippen LogP contribution in [0.2, 0.25) is 0 Å². The molecule has 8 heteroatoms. The molecule has 0 fully saturated rings. The summed E-state index contributed by atoms with van der Waals surface area (Å²) in [4.78, 5) is 27.0. The summed E-state index contributed by atoms with van der Waals surface area (Å²) in [6, 6.07) is 9.27. The monoisotopic (exact) mass is 351 g/mol. The predicted octanol–water partition coefficient (Wildman–Crippen LogP) is 1.92. The van der Waals surface area contributed by atoms with E-state index in [1.165, 1.54) is 0 Å². The highest BCUT2D eigenvalue weighted by Gasteiger charge is 2.28. The van der Waals surface area contributed by atoms with Gasteiger partial charge in [0.25, 0.3) is 5.89 Å². The van der Waals surface area contributed by atoms with Gasteiger partial charge in [0, 0.05) is 18.9 Å². The summed E-state index contributed by atoms with van der Waals surface area (Å²) in [5.41, 5.74) is 1.67. The fraction of sp³-hybridized carbons (Fsp3) is 0.222. The van der Waals surface area contributed by atoms with Gasteiger partial charge in [-0.1, -0.05) is 12.1 Å². The Hall–Kier alpha value is -3.42. The summed E-state index contributed by atoms with van der Waals surface area (Å²) >= 11 is 0. The van der Waals surface area contributed by atoms with E-state index in [0.717, 1.165) is 17.0 Å². The lowest BCUT2D eigenvalue weighted by Gasteiger charge is -2.13. The molecule has 3 aromatic rings. The minimum atomic E-state index is -0.343. The molecule has 1 aliphatic heterocycles. The van der Waals surface area contributed by atoms with Crippen molar-refractivity contribution in [2.45, 2.75) is 19.6 Å². The number of methoxy groups -OCH3 is 1. The van der Waals surface area contributed by atoms with Crippen LogP contribution in [-0.4, -0.2) is 28.0 Å². The highest BCUT2D eigenvalue weighted by atomic mass is 16.5. The van der Waals surface area contributed by atoms with Gasteiger partial charge in [-0.05, 0) is 23.8 Å². The first-order valence-corrected chi connectivity index (χ1v) is 8.14. The van der Waals surface area contributed by atoms with Crippen LogP contribution in [0.25, 0.3) is 0 Å². The molecule has 4 rings (SSSR count). The van der Waals surface area contributed by atoms with Gasteiger partial charge >= 0.3 is 5.91 Å². The van der Waals surface area contributed by atoms with E-state index in [0.29, 0.717) is 31.3 Å². The van der Waals surface area contributed by atoms with Crippen molar-refractivity contribution in [2.24, 2.45) is 0 Å². The average Bonchev–Trinajstić information content (AvgIpc) is 3.26. The summed E-state index contributed by atoms with van der Waals surface area (Å²) in [5, 5.41) is 2.81. The smallest absolute Gasteiger partial charge is 0.307 e. The van der Waals surface area contributed by atoms with Gasteiger partial charge in [-0.15, -0.1) is 0 Å². The number of rotatable bonds is 5. The number of carbonyl (C=O) groups is 1. The Morgan fingerprint density at radius 1 is 1.27 bits per heavy atom. The third-order valence-electron chi connectivity index (χ3n) is 4.07. The molecule has 26 heavy (non-hydrogen) atoms. The van der Waals surface area contributed by atoms with Crippen molar-refractivity contribution < 1.29 is 13.9 Å². The number of fused-ring (bicyclic) bond motifs is 1. The molecule has 0 aliphatic carbocycles. The van der Waals surface area contributed by atoms with Crippen molar-refractivity contribution in [3.8, 4) is 5.75 Å². The summed E-state index contributed by atoms with van der Waals surface area (Å²) < 4.78 is 10.8. The number of hydrogen-bond donors (Lipinski definition) is 1. The van der Waals surface area contributed by atoms with Crippen LogP contribution in [0.1, 0.15) is 27.7 Å². The summed E-state index contributed by atoms with van der Waals surface area (Å²) in [7, 11) is 1.61. The van der Waals surface area contributed by atoms with Gasteiger partial charge in [0.1, 0.15) is 17.2 Å². The van der Waals surface area contributed by atoms with Crippen molar-refractivity contribution in [3.63, 3.8) is 0 Å². The van der Waals surface area contributed by atoms with E-state index in [1.54, 1.807) is 25.6 Å². The quantitative estimate of drug-likeness (QED) is 0.750. The number of ether oxygens (including phenoxy) is 1. The molecule has 0 saturated heterocycles. The average molecular weight is 351 g/mol. The molecule has 0 spiro atoms. The minimum absolute atomic E-state index is 0.0755. The third kappa shape index (κ3) is 3.21. The molecule has 1 N–H and O–H groups in total. The van der Waals surface area contributed by atoms with E-state index >= 15 is 0 Å². The van der Waals surface area contributed by atoms with Crippen LogP contribution >= 0.6 is 0 Å². The molecule has 132 valence electrons. The topological polar surface area (TPSA) is 93.4 Å². The maximum absolute atomic E-state index is 12.3. The number of nitrogens with zero attached hydrogens (tertiary/aromatic N) is 4. The first kappa shape index (κ1) is 16.1. The standard InChI is InChI=1S/C18H17N5O3/c1-25-13-5-2-4-12(8-13)9-21-16(24)17-22-14-10-23(11-15(14)26-17)18-19-6-3-7-20-18/h2-8H,9-11H2,1H3,(H,21,24). The van der Waals surface area contributed by atoms with Crippen LogP contribution < -0.4 is 15.0 Å². The van der Waals surface area contributed by atoms with Crippen LogP contribution in [0.4, 0.5) is 5.95 Å². The van der Waals surface area contributed by atoms with E-state index in [9.17, 15) is 4.79 Å². The zero-order valence-electron chi connectivity index (χ0n) is 14.2. The first-order valence-electron chi connectivity index (χ1n) is 8.14. The zero-order chi connectivity index (χ0) is 17.9. The van der Waals surface area contributed by atoms with Crippen molar-refractivity contribution in [2.75, 3.05) is 12.0 Å². The van der Waals surface area contributed by atoms with Gasteiger partial charge in [0.2, 0.25) is 5.95 Å². The van der Waals surface area contributed by atoms with Crippen molar-refractivity contribution in [1.29, 1.82) is 0 Å². The first-order chi connectivity index (χ1) is 12.7. The highest BCUT2D eigenvalue weighted by molar-refractivity contribution is 5.89. The predicted molar refractivity (Wildman–Crippen MR) is 92.6 cm³/mol. The number of benzene rings is 1. The van der Waals surface area contributed by atoms with Gasteiger partial charge in [-0.25, -0.2) is 15.0 Å². The summed E-state index contributed by atoms with van der Waals surface area (Å²) in [6.07, 6.45) is 3.38. The highest BCUT2D eigenvalue weighted by Crippen LogP contribution is 2.26. The Kier molecular flexibility index (Phi) is 4.22. The van der Waals surface area contributed by atoms with E-state index in [-0.39, 0.29) is 11.8 Å². The zero-order valence-corrected chi connectivity index (χ0v) is 14.2. The summed E-state index contributed by atoms with van der Waals surface area (Å²) in [5.74, 6) is 1.76. The van der Waals surface area contributed by atoms with Gasteiger partial charge in [-0.2, -0.15) is 0 Å². The Bertz CT molecular complexity index is 902. The molecule has 0 bridgehead atoms. The largest absolute Gasteiger partial charge is 0.497 e. The van der Waals surface area contributed by atoms with E-state index in [1.807, 2.05) is 29.2 Å². The lowest BCUT2D eigenvalue weighted by Crippen LogP contribution is -2.24. The van der Waals surface area contributed by atoms with Crippen molar-refractivity contribution in [3.05, 3.63) is 65.6 Å². The van der Waals surface area contributed by atoms with Gasteiger partial charge in [0.15, 0.2) is 0 Å². The lowest BCUT2D eigenvalue weighted by molar-refractivity contribution is 0.0914. The van der Waals surface area contributed by atoms with E-state index in [4.69, 9.17) is 9.15 Å². The maximum atomic E-state index is 12.3. The third-order valence-corrected chi connectivity index (χ3v) is 4.07. The molecule has 0 atom stereocenters. The number of nitrogens with one attached hydrogen (secondary N) is 1. The molecule has 3 heterocycles. The number of amides is 1. The normalized spacial score (nSPS) is 12.7. The summed E-state index contributed by atoms with van der Waals surface area (Å²) in [6.45, 7) is 1.38. The molecule has 0 saturated carbocycles. The minimum Gasteiger partial charge on any atom is -0.497 e. The molecule has 0 radical (unpaired) electrons. The lowest BCUT2D eigenvalue weighted by atomic mass is 10.2. The number of hydrogen-bond acceptors (Lipinski definition) is 7. The SMILES string of the molecule is COc1cccc(CNC(=O)c2nc3c(o2)CN(c2ncccn2)C3)c1. The second kappa shape index (κ2) is 6.83. The number of carbonyl (C=O) groups excluding carboxylic acids is 1. The van der Waals surface area contributed by atoms with Gasteiger partial charge in [-0.3, -0.25) is 4.79 Å². The molecule has 1 aromatic carbocycles. The Balaban J connectivity index is 1.39. The molecular weight excluding hydrogens is 334 g/mol. The van der Waals surface area contributed by atoms with Crippen LogP contribution in [0.5, 0.6) is 5.75 Å². The van der Waals surface area contributed by atoms with Crippen LogP contribution in [0.3, 0.4) is 0 Å². The Labute approximate surface area is 149 Å². The van der Waals surface area contributed by atoms with Crippen LogP contribution in [0, 0.1) is 0 Å². The Morgan fingerprint density at radius 3 is 2.88 bits per heavy atom. The fourth-order valence-corrected chi connectivity index (χ4v) is 2.77. The molecule has 8 nitrogen and oxygen atoms in total. The Morgan fingerprint density at radius 2 is 2.12 bits per heavy atom. The molecule has 2 aromatic heterocycles. The van der Waals surface area contributed by atoms with E-state index < -0.39 is 0 Å². The molecule has 1 aliphatic rings.